The van der Waals surface area contributed by atoms with Crippen LogP contribution in [0.25, 0.3) is 0 Å². The molecule has 0 spiro atoms. The van der Waals surface area contributed by atoms with Gasteiger partial charge in [0.05, 0.1) is 6.61 Å². The number of rotatable bonds is 3. The second-order valence-electron chi connectivity index (χ2n) is 2.69. The SMILES string of the molecule is OC[C@](O)(CI)c1ccccc1. The van der Waals surface area contributed by atoms with Crippen LogP contribution in [0.15, 0.2) is 30.3 Å². The summed E-state index contributed by atoms with van der Waals surface area (Å²) in [6, 6.07) is 9.21. The molecule has 0 amide bonds. The monoisotopic (exact) mass is 278 g/mol. The van der Waals surface area contributed by atoms with Crippen molar-refractivity contribution >= 4 is 22.6 Å². The molecule has 2 N–H and O–H groups in total. The van der Waals surface area contributed by atoms with Crippen molar-refractivity contribution in [3.8, 4) is 0 Å². The molecule has 1 rings (SSSR count). The highest BCUT2D eigenvalue weighted by molar-refractivity contribution is 14.1. The van der Waals surface area contributed by atoms with Crippen LogP contribution < -0.4 is 0 Å². The summed E-state index contributed by atoms with van der Waals surface area (Å²) in [7, 11) is 0. The van der Waals surface area contributed by atoms with E-state index >= 15 is 0 Å². The third-order valence-corrected chi connectivity index (χ3v) is 3.06. The molecule has 1 aromatic carbocycles. The standard InChI is InChI=1S/C9H11IO2/c10-6-9(12,7-11)8-4-2-1-3-5-8/h1-5,11-12H,6-7H2/t9-/m1/s1. The molecule has 0 radical (unpaired) electrons. The minimum Gasteiger partial charge on any atom is -0.393 e. The summed E-state index contributed by atoms with van der Waals surface area (Å²) < 4.78 is 0.491. The van der Waals surface area contributed by atoms with E-state index in [4.69, 9.17) is 5.11 Å². The average molecular weight is 278 g/mol. The maximum Gasteiger partial charge on any atom is 0.121 e. The van der Waals surface area contributed by atoms with Crippen LogP contribution in [-0.4, -0.2) is 21.2 Å². The Morgan fingerprint density at radius 3 is 2.25 bits per heavy atom. The quantitative estimate of drug-likeness (QED) is 0.646. The molecule has 0 unspecified atom stereocenters. The Labute approximate surface area is 85.4 Å². The lowest BCUT2D eigenvalue weighted by molar-refractivity contribution is 0.00472. The van der Waals surface area contributed by atoms with E-state index in [1.165, 1.54) is 0 Å². The van der Waals surface area contributed by atoms with Gasteiger partial charge in [-0.25, -0.2) is 0 Å². The maximum absolute atomic E-state index is 9.84. The molecule has 0 saturated carbocycles. The van der Waals surface area contributed by atoms with Gasteiger partial charge >= 0.3 is 0 Å². The van der Waals surface area contributed by atoms with Crippen LogP contribution in [0, 0.1) is 0 Å². The van der Waals surface area contributed by atoms with Crippen molar-refractivity contribution in [1.29, 1.82) is 0 Å². The smallest absolute Gasteiger partial charge is 0.121 e. The summed E-state index contributed by atoms with van der Waals surface area (Å²) in [5, 5.41) is 18.8. The Kier molecular flexibility index (Phi) is 3.49. The lowest BCUT2D eigenvalue weighted by Crippen LogP contribution is -2.31. The van der Waals surface area contributed by atoms with Crippen LogP contribution in [0.4, 0.5) is 0 Å². The van der Waals surface area contributed by atoms with E-state index in [9.17, 15) is 5.11 Å². The molecular weight excluding hydrogens is 267 g/mol. The van der Waals surface area contributed by atoms with Crippen molar-refractivity contribution in [1.82, 2.24) is 0 Å². The van der Waals surface area contributed by atoms with E-state index < -0.39 is 5.60 Å². The normalized spacial score (nSPS) is 15.6. The first-order valence-electron chi connectivity index (χ1n) is 3.67. The molecule has 0 bridgehead atoms. The fraction of sp³-hybridized carbons (Fsp3) is 0.333. The van der Waals surface area contributed by atoms with Crippen LogP contribution in [0.3, 0.4) is 0 Å². The molecule has 0 saturated heterocycles. The Bertz CT molecular complexity index is 232. The van der Waals surface area contributed by atoms with Crippen molar-refractivity contribution in [2.75, 3.05) is 11.0 Å². The van der Waals surface area contributed by atoms with Gasteiger partial charge in [-0.05, 0) is 5.56 Å². The fourth-order valence-corrected chi connectivity index (χ4v) is 1.64. The summed E-state index contributed by atoms with van der Waals surface area (Å²) in [5.74, 6) is 0. The first-order chi connectivity index (χ1) is 5.73. The number of hydrogen-bond acceptors (Lipinski definition) is 2. The Morgan fingerprint density at radius 2 is 1.83 bits per heavy atom. The molecule has 0 aromatic heterocycles. The van der Waals surface area contributed by atoms with Crippen molar-refractivity contribution in [3.63, 3.8) is 0 Å². The third kappa shape index (κ3) is 1.97. The summed E-state index contributed by atoms with van der Waals surface area (Å²) in [5.41, 5.74) is -0.316. The van der Waals surface area contributed by atoms with Crippen LogP contribution in [0.1, 0.15) is 5.56 Å². The summed E-state index contributed by atoms with van der Waals surface area (Å²) in [6.45, 7) is -0.236. The minimum atomic E-state index is -1.08. The second-order valence-corrected chi connectivity index (χ2v) is 3.45. The molecular formula is C9H11IO2. The van der Waals surface area contributed by atoms with E-state index in [0.29, 0.717) is 4.43 Å². The van der Waals surface area contributed by atoms with Crippen LogP contribution in [-0.2, 0) is 5.60 Å². The first-order valence-corrected chi connectivity index (χ1v) is 5.20. The van der Waals surface area contributed by atoms with Gasteiger partial charge in [-0.15, -0.1) is 0 Å². The van der Waals surface area contributed by atoms with Crippen LogP contribution in [0.5, 0.6) is 0 Å². The molecule has 0 aliphatic rings. The molecule has 1 aromatic rings. The van der Waals surface area contributed by atoms with Crippen molar-refractivity contribution in [2.24, 2.45) is 0 Å². The van der Waals surface area contributed by atoms with Gasteiger partial charge in [-0.3, -0.25) is 0 Å². The highest BCUT2D eigenvalue weighted by atomic mass is 127. The van der Waals surface area contributed by atoms with E-state index in [2.05, 4.69) is 22.6 Å². The van der Waals surface area contributed by atoms with Gasteiger partial charge in [0, 0.05) is 4.43 Å². The predicted octanol–water partition coefficient (Wildman–Crippen LogP) is 1.30. The molecule has 0 fully saturated rings. The Hall–Kier alpha value is -0.130. The highest BCUT2D eigenvalue weighted by Crippen LogP contribution is 2.22. The van der Waals surface area contributed by atoms with E-state index in [-0.39, 0.29) is 6.61 Å². The number of benzene rings is 1. The summed E-state index contributed by atoms with van der Waals surface area (Å²) in [6.07, 6.45) is 0. The summed E-state index contributed by atoms with van der Waals surface area (Å²) in [4.78, 5) is 0. The van der Waals surface area contributed by atoms with Gasteiger partial charge in [0.2, 0.25) is 0 Å². The molecule has 12 heavy (non-hydrogen) atoms. The fourth-order valence-electron chi connectivity index (χ4n) is 0.959. The largest absolute Gasteiger partial charge is 0.393 e. The number of aliphatic hydroxyl groups is 2. The summed E-state index contributed by atoms with van der Waals surface area (Å²) >= 11 is 2.06. The average Bonchev–Trinajstić information content (AvgIpc) is 2.18. The van der Waals surface area contributed by atoms with Gasteiger partial charge in [0.25, 0.3) is 0 Å². The third-order valence-electron chi connectivity index (χ3n) is 1.79. The lowest BCUT2D eigenvalue weighted by Gasteiger charge is -2.23. The predicted molar refractivity (Wildman–Crippen MR) is 56.3 cm³/mol. The van der Waals surface area contributed by atoms with Gasteiger partial charge < -0.3 is 10.2 Å². The van der Waals surface area contributed by atoms with Crippen LogP contribution in [0.2, 0.25) is 0 Å². The molecule has 0 heterocycles. The zero-order valence-electron chi connectivity index (χ0n) is 6.57. The molecule has 0 aliphatic heterocycles. The van der Waals surface area contributed by atoms with E-state index in [0.717, 1.165) is 5.56 Å². The molecule has 0 aliphatic carbocycles. The van der Waals surface area contributed by atoms with E-state index in [1.54, 1.807) is 0 Å². The Morgan fingerprint density at radius 1 is 1.25 bits per heavy atom. The number of halogens is 1. The number of hydrogen-bond donors (Lipinski definition) is 2. The Balaban J connectivity index is 2.95. The van der Waals surface area contributed by atoms with E-state index in [1.807, 2.05) is 30.3 Å². The van der Waals surface area contributed by atoms with Crippen molar-refractivity contribution in [3.05, 3.63) is 35.9 Å². The second kappa shape index (κ2) is 4.20. The first kappa shape index (κ1) is 9.95. The van der Waals surface area contributed by atoms with Crippen molar-refractivity contribution in [2.45, 2.75) is 5.60 Å². The minimum absolute atomic E-state index is 0.236. The molecule has 1 atom stereocenters. The van der Waals surface area contributed by atoms with Crippen LogP contribution >= 0.6 is 22.6 Å². The number of alkyl halides is 1. The molecule has 2 nitrogen and oxygen atoms in total. The zero-order chi connectivity index (χ0) is 9.03. The van der Waals surface area contributed by atoms with Gasteiger partial charge in [-0.1, -0.05) is 52.9 Å². The topological polar surface area (TPSA) is 40.5 Å². The maximum atomic E-state index is 9.84. The molecule has 3 heteroatoms. The number of aliphatic hydroxyl groups excluding tert-OH is 1. The molecule has 66 valence electrons. The lowest BCUT2D eigenvalue weighted by atomic mass is 9.97. The van der Waals surface area contributed by atoms with Gasteiger partial charge in [0.15, 0.2) is 0 Å². The van der Waals surface area contributed by atoms with Crippen molar-refractivity contribution < 1.29 is 10.2 Å². The zero-order valence-corrected chi connectivity index (χ0v) is 8.73. The van der Waals surface area contributed by atoms with Gasteiger partial charge in [0.1, 0.15) is 5.60 Å². The highest BCUT2D eigenvalue weighted by Gasteiger charge is 2.26. The van der Waals surface area contributed by atoms with Gasteiger partial charge in [-0.2, -0.15) is 0 Å².